The molecule has 4 atom stereocenters. The third-order valence-corrected chi connectivity index (χ3v) is 4.28. The zero-order valence-corrected chi connectivity index (χ0v) is 12.5. The Morgan fingerprint density at radius 3 is 2.60 bits per heavy atom. The molecule has 1 aliphatic rings. The maximum Gasteiger partial charge on any atom is 0.326 e. The number of methoxy groups -OCH3 is 1. The third kappa shape index (κ3) is 4.67. The number of urea groups is 1. The summed E-state index contributed by atoms with van der Waals surface area (Å²) in [5.74, 6) is 0.0418. The molecule has 4 unspecified atom stereocenters. The third-order valence-electron chi connectivity index (χ3n) is 4.28. The van der Waals surface area contributed by atoms with E-state index >= 15 is 0 Å². The smallest absolute Gasteiger partial charge is 0.326 e. The normalized spacial score (nSPS) is 27.1. The first kappa shape index (κ1) is 16.8. The summed E-state index contributed by atoms with van der Waals surface area (Å²) in [7, 11) is 1.50. The van der Waals surface area contributed by atoms with Crippen molar-refractivity contribution < 1.29 is 19.4 Å². The fourth-order valence-electron chi connectivity index (χ4n) is 2.89. The van der Waals surface area contributed by atoms with Crippen LogP contribution in [0.25, 0.3) is 0 Å². The lowest BCUT2D eigenvalue weighted by atomic mass is 9.93. The number of aliphatic carboxylic acids is 1. The molecule has 0 heterocycles. The Hall–Kier alpha value is -1.30. The highest BCUT2D eigenvalue weighted by Gasteiger charge is 2.33. The second-order valence-electron chi connectivity index (χ2n) is 5.50. The average Bonchev–Trinajstić information content (AvgIpc) is 2.75. The topological polar surface area (TPSA) is 87.7 Å². The van der Waals surface area contributed by atoms with Gasteiger partial charge in [-0.15, -0.1) is 0 Å². The second-order valence-corrected chi connectivity index (χ2v) is 5.50. The Labute approximate surface area is 120 Å². The molecule has 0 bridgehead atoms. The van der Waals surface area contributed by atoms with Crippen molar-refractivity contribution in [1.82, 2.24) is 10.6 Å². The van der Waals surface area contributed by atoms with Crippen molar-refractivity contribution in [2.45, 2.75) is 51.6 Å². The van der Waals surface area contributed by atoms with Crippen LogP contribution in [0.3, 0.4) is 0 Å². The number of hydrogen-bond acceptors (Lipinski definition) is 3. The van der Waals surface area contributed by atoms with Crippen molar-refractivity contribution >= 4 is 12.0 Å². The van der Waals surface area contributed by atoms with Gasteiger partial charge in [0.1, 0.15) is 6.04 Å². The summed E-state index contributed by atoms with van der Waals surface area (Å²) in [6, 6.07) is -1.17. The molecule has 1 aliphatic carbocycles. The van der Waals surface area contributed by atoms with E-state index in [1.165, 1.54) is 7.11 Å². The van der Waals surface area contributed by atoms with Crippen LogP contribution in [-0.2, 0) is 9.53 Å². The Bertz CT molecular complexity index is 335. The largest absolute Gasteiger partial charge is 0.480 e. The lowest BCUT2D eigenvalue weighted by molar-refractivity contribution is -0.139. The average molecular weight is 286 g/mol. The molecule has 0 spiro atoms. The van der Waals surface area contributed by atoms with Gasteiger partial charge in [-0.2, -0.15) is 0 Å². The van der Waals surface area contributed by atoms with Gasteiger partial charge in [0.2, 0.25) is 0 Å². The van der Waals surface area contributed by atoms with Gasteiger partial charge in [-0.3, -0.25) is 0 Å². The standard InChI is InChI=1S/C14H26N2O4/c1-4-10-5-6-11(9(10)2)15-14(19)16-12(13(17)18)7-8-20-3/h9-12H,4-8H2,1-3H3,(H,17,18)(H2,15,16,19). The summed E-state index contributed by atoms with van der Waals surface area (Å²) in [6.45, 7) is 4.61. The van der Waals surface area contributed by atoms with Gasteiger partial charge in [0.05, 0.1) is 0 Å². The van der Waals surface area contributed by atoms with Crippen molar-refractivity contribution in [2.75, 3.05) is 13.7 Å². The SMILES string of the molecule is CCC1CCC(NC(=O)NC(CCOC)C(=O)O)C1C. The Morgan fingerprint density at radius 2 is 2.10 bits per heavy atom. The lowest BCUT2D eigenvalue weighted by Crippen LogP contribution is -2.50. The number of ether oxygens (including phenoxy) is 1. The van der Waals surface area contributed by atoms with Crippen molar-refractivity contribution in [2.24, 2.45) is 11.8 Å². The van der Waals surface area contributed by atoms with Gasteiger partial charge in [0.15, 0.2) is 0 Å². The minimum absolute atomic E-state index is 0.136. The van der Waals surface area contributed by atoms with Crippen LogP contribution in [0.5, 0.6) is 0 Å². The first-order valence-electron chi connectivity index (χ1n) is 7.28. The Balaban J connectivity index is 2.44. The first-order valence-corrected chi connectivity index (χ1v) is 7.28. The van der Waals surface area contributed by atoms with E-state index in [1.54, 1.807) is 0 Å². The molecule has 0 aromatic heterocycles. The fourth-order valence-corrected chi connectivity index (χ4v) is 2.89. The van der Waals surface area contributed by atoms with Crippen LogP contribution in [0.4, 0.5) is 4.79 Å². The second kappa shape index (κ2) is 8.09. The number of amides is 2. The monoisotopic (exact) mass is 286 g/mol. The number of carbonyl (C=O) groups excluding carboxylic acids is 1. The molecule has 6 heteroatoms. The maximum absolute atomic E-state index is 11.9. The van der Waals surface area contributed by atoms with Crippen molar-refractivity contribution in [1.29, 1.82) is 0 Å². The summed E-state index contributed by atoms with van der Waals surface area (Å²) in [5.41, 5.74) is 0. The molecule has 0 aromatic rings. The van der Waals surface area contributed by atoms with Gasteiger partial charge in [0, 0.05) is 26.2 Å². The molecule has 0 radical (unpaired) electrons. The zero-order chi connectivity index (χ0) is 15.1. The van der Waals surface area contributed by atoms with Gasteiger partial charge in [-0.1, -0.05) is 20.3 Å². The highest BCUT2D eigenvalue weighted by molar-refractivity contribution is 5.82. The van der Waals surface area contributed by atoms with E-state index in [2.05, 4.69) is 24.5 Å². The van der Waals surface area contributed by atoms with E-state index < -0.39 is 18.0 Å². The Kier molecular flexibility index (Phi) is 6.78. The van der Waals surface area contributed by atoms with Gasteiger partial charge in [0.25, 0.3) is 0 Å². The number of nitrogens with one attached hydrogen (secondary N) is 2. The molecule has 1 fully saturated rings. The lowest BCUT2D eigenvalue weighted by Gasteiger charge is -2.22. The molecule has 2 amide bonds. The van der Waals surface area contributed by atoms with E-state index in [4.69, 9.17) is 9.84 Å². The summed E-state index contributed by atoms with van der Waals surface area (Å²) in [5, 5.41) is 14.4. The van der Waals surface area contributed by atoms with Crippen LogP contribution in [0.15, 0.2) is 0 Å². The zero-order valence-electron chi connectivity index (χ0n) is 12.5. The first-order chi connectivity index (χ1) is 9.49. The van der Waals surface area contributed by atoms with Crippen LogP contribution in [0.1, 0.15) is 39.5 Å². The molecule has 20 heavy (non-hydrogen) atoms. The Morgan fingerprint density at radius 1 is 1.40 bits per heavy atom. The van der Waals surface area contributed by atoms with Crippen LogP contribution in [-0.4, -0.2) is 42.9 Å². The van der Waals surface area contributed by atoms with Crippen LogP contribution >= 0.6 is 0 Å². The number of carboxylic acids is 1. The number of carboxylic acid groups (broad SMARTS) is 1. The van der Waals surface area contributed by atoms with Crippen molar-refractivity contribution in [3.8, 4) is 0 Å². The molecular formula is C14H26N2O4. The van der Waals surface area contributed by atoms with Crippen LogP contribution in [0.2, 0.25) is 0 Å². The number of hydrogen-bond donors (Lipinski definition) is 3. The highest BCUT2D eigenvalue weighted by atomic mass is 16.5. The van der Waals surface area contributed by atoms with E-state index in [0.717, 1.165) is 19.3 Å². The molecule has 0 aliphatic heterocycles. The number of rotatable bonds is 7. The van der Waals surface area contributed by atoms with Crippen molar-refractivity contribution in [3.05, 3.63) is 0 Å². The van der Waals surface area contributed by atoms with Gasteiger partial charge < -0.3 is 20.5 Å². The minimum atomic E-state index is -1.04. The predicted molar refractivity (Wildman–Crippen MR) is 75.6 cm³/mol. The predicted octanol–water partition coefficient (Wildman–Crippen LogP) is 1.60. The van der Waals surface area contributed by atoms with Crippen LogP contribution < -0.4 is 10.6 Å². The van der Waals surface area contributed by atoms with E-state index in [9.17, 15) is 9.59 Å². The summed E-state index contributed by atoms with van der Waals surface area (Å²) >= 11 is 0. The minimum Gasteiger partial charge on any atom is -0.480 e. The fraction of sp³-hybridized carbons (Fsp3) is 0.857. The molecule has 6 nitrogen and oxygen atoms in total. The molecule has 1 saturated carbocycles. The molecule has 116 valence electrons. The summed E-state index contributed by atoms with van der Waals surface area (Å²) < 4.78 is 4.85. The molecular weight excluding hydrogens is 260 g/mol. The quantitative estimate of drug-likeness (QED) is 0.663. The van der Waals surface area contributed by atoms with Gasteiger partial charge >= 0.3 is 12.0 Å². The molecule has 3 N–H and O–H groups in total. The van der Waals surface area contributed by atoms with E-state index in [1.807, 2.05) is 0 Å². The van der Waals surface area contributed by atoms with Gasteiger partial charge in [-0.25, -0.2) is 9.59 Å². The maximum atomic E-state index is 11.9. The van der Waals surface area contributed by atoms with E-state index in [-0.39, 0.29) is 12.5 Å². The van der Waals surface area contributed by atoms with Crippen molar-refractivity contribution in [3.63, 3.8) is 0 Å². The number of carbonyl (C=O) groups is 2. The molecule has 0 saturated heterocycles. The van der Waals surface area contributed by atoms with Crippen LogP contribution in [0, 0.1) is 11.8 Å². The highest BCUT2D eigenvalue weighted by Crippen LogP contribution is 2.33. The summed E-state index contributed by atoms with van der Waals surface area (Å²) in [4.78, 5) is 22.9. The van der Waals surface area contributed by atoms with Gasteiger partial charge in [-0.05, 0) is 24.7 Å². The molecule has 1 rings (SSSR count). The molecule has 0 aromatic carbocycles. The van der Waals surface area contributed by atoms with E-state index in [0.29, 0.717) is 18.4 Å². The summed E-state index contributed by atoms with van der Waals surface area (Å²) in [6.07, 6.45) is 3.46.